The molecule has 1 aliphatic rings. The van der Waals surface area contributed by atoms with Gasteiger partial charge in [-0.05, 0) is 18.9 Å². The van der Waals surface area contributed by atoms with Crippen LogP contribution in [0.1, 0.15) is 30.5 Å². The van der Waals surface area contributed by atoms with Gasteiger partial charge in [-0.25, -0.2) is 0 Å². The van der Waals surface area contributed by atoms with E-state index in [4.69, 9.17) is 5.73 Å². The van der Waals surface area contributed by atoms with Crippen molar-refractivity contribution < 1.29 is 4.21 Å². The molecular formula is C15H24N2OS. The van der Waals surface area contributed by atoms with Gasteiger partial charge in [0.05, 0.1) is 0 Å². The van der Waals surface area contributed by atoms with E-state index in [2.05, 4.69) is 43.0 Å². The van der Waals surface area contributed by atoms with Crippen molar-refractivity contribution >= 4 is 10.8 Å². The fourth-order valence-corrected chi connectivity index (χ4v) is 3.82. The number of hydrogen-bond donors (Lipinski definition) is 1. The average molecular weight is 280 g/mol. The SMILES string of the molecule is CCC(N)C(c1cccc(C)c1)N1CCS(=O)CC1. The lowest BCUT2D eigenvalue weighted by atomic mass is 9.95. The second-order valence-corrected chi connectivity index (χ2v) is 7.01. The molecule has 4 heteroatoms. The van der Waals surface area contributed by atoms with Crippen molar-refractivity contribution in [1.29, 1.82) is 0 Å². The van der Waals surface area contributed by atoms with Gasteiger partial charge in [0, 0.05) is 47.5 Å². The summed E-state index contributed by atoms with van der Waals surface area (Å²) in [6, 6.07) is 8.99. The highest BCUT2D eigenvalue weighted by Crippen LogP contribution is 2.26. The summed E-state index contributed by atoms with van der Waals surface area (Å²) in [7, 11) is -0.636. The number of benzene rings is 1. The van der Waals surface area contributed by atoms with Crippen LogP contribution in [0.2, 0.25) is 0 Å². The zero-order valence-corrected chi connectivity index (χ0v) is 12.7. The topological polar surface area (TPSA) is 46.3 Å². The molecule has 2 unspecified atom stereocenters. The third-order valence-corrected chi connectivity index (χ3v) is 5.14. The molecule has 3 nitrogen and oxygen atoms in total. The first-order chi connectivity index (χ1) is 9.11. The molecule has 2 rings (SSSR count). The molecule has 0 aromatic heterocycles. The first-order valence-electron chi connectivity index (χ1n) is 7.03. The lowest BCUT2D eigenvalue weighted by Gasteiger charge is -2.37. The van der Waals surface area contributed by atoms with Crippen molar-refractivity contribution in [3.05, 3.63) is 35.4 Å². The van der Waals surface area contributed by atoms with Crippen LogP contribution < -0.4 is 5.73 Å². The molecule has 0 aliphatic carbocycles. The van der Waals surface area contributed by atoms with Crippen LogP contribution in [-0.4, -0.2) is 39.7 Å². The summed E-state index contributed by atoms with van der Waals surface area (Å²) in [4.78, 5) is 2.41. The number of hydrogen-bond acceptors (Lipinski definition) is 3. The Kier molecular flexibility index (Phi) is 5.13. The summed E-state index contributed by atoms with van der Waals surface area (Å²) in [5.74, 6) is 1.55. The van der Waals surface area contributed by atoms with E-state index in [1.807, 2.05) is 0 Å². The van der Waals surface area contributed by atoms with Gasteiger partial charge in [0.25, 0.3) is 0 Å². The van der Waals surface area contributed by atoms with Crippen LogP contribution in [0, 0.1) is 6.92 Å². The van der Waals surface area contributed by atoms with E-state index < -0.39 is 10.8 Å². The molecule has 0 spiro atoms. The maximum Gasteiger partial charge on any atom is 0.0499 e. The van der Waals surface area contributed by atoms with E-state index in [9.17, 15) is 4.21 Å². The predicted molar refractivity (Wildman–Crippen MR) is 81.6 cm³/mol. The Morgan fingerprint density at radius 1 is 1.37 bits per heavy atom. The van der Waals surface area contributed by atoms with E-state index in [0.29, 0.717) is 0 Å². The van der Waals surface area contributed by atoms with Crippen molar-refractivity contribution in [2.24, 2.45) is 5.73 Å². The molecule has 1 saturated heterocycles. The maximum atomic E-state index is 11.5. The Morgan fingerprint density at radius 3 is 2.63 bits per heavy atom. The summed E-state index contributed by atoms with van der Waals surface area (Å²) in [6.07, 6.45) is 0.957. The van der Waals surface area contributed by atoms with Crippen LogP contribution in [0.5, 0.6) is 0 Å². The second-order valence-electron chi connectivity index (χ2n) is 5.32. The maximum absolute atomic E-state index is 11.5. The zero-order chi connectivity index (χ0) is 13.8. The van der Waals surface area contributed by atoms with E-state index in [0.717, 1.165) is 31.0 Å². The molecule has 0 bridgehead atoms. The van der Waals surface area contributed by atoms with E-state index in [1.165, 1.54) is 11.1 Å². The summed E-state index contributed by atoms with van der Waals surface area (Å²) >= 11 is 0. The molecule has 1 aromatic rings. The predicted octanol–water partition coefficient (Wildman–Crippen LogP) is 1.84. The van der Waals surface area contributed by atoms with Gasteiger partial charge in [-0.2, -0.15) is 0 Å². The Labute approximate surface area is 118 Å². The summed E-state index contributed by atoms with van der Waals surface area (Å²) in [5, 5.41) is 0. The molecule has 2 N–H and O–H groups in total. The van der Waals surface area contributed by atoms with E-state index >= 15 is 0 Å². The quantitative estimate of drug-likeness (QED) is 0.915. The Bertz CT molecular complexity index is 440. The highest BCUT2D eigenvalue weighted by atomic mass is 32.2. The van der Waals surface area contributed by atoms with Crippen LogP contribution in [0.15, 0.2) is 24.3 Å². The van der Waals surface area contributed by atoms with Gasteiger partial charge < -0.3 is 5.73 Å². The summed E-state index contributed by atoms with van der Waals surface area (Å²) < 4.78 is 11.5. The van der Waals surface area contributed by atoms with Gasteiger partial charge in [0.2, 0.25) is 0 Å². The highest BCUT2D eigenvalue weighted by Gasteiger charge is 2.28. The minimum absolute atomic E-state index is 0.133. The van der Waals surface area contributed by atoms with Crippen molar-refractivity contribution in [3.63, 3.8) is 0 Å². The number of nitrogens with two attached hydrogens (primary N) is 1. The third-order valence-electron chi connectivity index (χ3n) is 3.87. The Hall–Kier alpha value is -0.710. The molecular weight excluding hydrogens is 256 g/mol. The molecule has 1 aromatic carbocycles. The lowest BCUT2D eigenvalue weighted by Crippen LogP contribution is -2.46. The number of aryl methyl sites for hydroxylation is 1. The molecule has 1 fully saturated rings. The van der Waals surface area contributed by atoms with Crippen LogP contribution >= 0.6 is 0 Å². The van der Waals surface area contributed by atoms with E-state index in [-0.39, 0.29) is 12.1 Å². The van der Waals surface area contributed by atoms with Crippen LogP contribution in [0.3, 0.4) is 0 Å². The van der Waals surface area contributed by atoms with Gasteiger partial charge in [0.15, 0.2) is 0 Å². The van der Waals surface area contributed by atoms with Crippen molar-refractivity contribution in [3.8, 4) is 0 Å². The largest absolute Gasteiger partial charge is 0.326 e. The third kappa shape index (κ3) is 3.65. The molecule has 19 heavy (non-hydrogen) atoms. The van der Waals surface area contributed by atoms with Crippen LogP contribution in [0.4, 0.5) is 0 Å². The van der Waals surface area contributed by atoms with Crippen molar-refractivity contribution in [2.45, 2.75) is 32.4 Å². The molecule has 2 atom stereocenters. The summed E-state index contributed by atoms with van der Waals surface area (Å²) in [6.45, 7) is 6.02. The molecule has 106 valence electrons. The van der Waals surface area contributed by atoms with Crippen LogP contribution in [-0.2, 0) is 10.8 Å². The zero-order valence-electron chi connectivity index (χ0n) is 11.8. The standard InChI is InChI=1S/C15H24N2OS/c1-3-14(16)15(13-6-4-5-12(2)11-13)17-7-9-19(18)10-8-17/h4-6,11,14-15H,3,7-10,16H2,1-2H3. The summed E-state index contributed by atoms with van der Waals surface area (Å²) in [5.41, 5.74) is 8.91. The smallest absolute Gasteiger partial charge is 0.0499 e. The van der Waals surface area contributed by atoms with Crippen molar-refractivity contribution in [1.82, 2.24) is 4.90 Å². The first-order valence-corrected chi connectivity index (χ1v) is 8.51. The van der Waals surface area contributed by atoms with Gasteiger partial charge in [-0.15, -0.1) is 0 Å². The first kappa shape index (κ1) is 14.7. The van der Waals surface area contributed by atoms with E-state index in [1.54, 1.807) is 0 Å². The molecule has 1 heterocycles. The molecule has 0 saturated carbocycles. The lowest BCUT2D eigenvalue weighted by molar-refractivity contribution is 0.185. The monoisotopic (exact) mass is 280 g/mol. The second kappa shape index (κ2) is 6.64. The fraction of sp³-hybridized carbons (Fsp3) is 0.600. The molecule has 0 radical (unpaired) electrons. The molecule has 0 amide bonds. The van der Waals surface area contributed by atoms with Gasteiger partial charge in [-0.1, -0.05) is 36.8 Å². The van der Waals surface area contributed by atoms with Gasteiger partial charge in [-0.3, -0.25) is 9.11 Å². The minimum atomic E-state index is -0.636. The highest BCUT2D eigenvalue weighted by molar-refractivity contribution is 7.85. The molecule has 1 aliphatic heterocycles. The average Bonchev–Trinajstić information content (AvgIpc) is 2.41. The van der Waals surface area contributed by atoms with Gasteiger partial charge in [0.1, 0.15) is 0 Å². The van der Waals surface area contributed by atoms with Crippen LogP contribution in [0.25, 0.3) is 0 Å². The Morgan fingerprint density at radius 2 is 2.05 bits per heavy atom. The Balaban J connectivity index is 2.23. The number of rotatable bonds is 4. The normalized spacial score (nSPS) is 21.2. The van der Waals surface area contributed by atoms with Crippen molar-refractivity contribution in [2.75, 3.05) is 24.6 Å². The fourth-order valence-electron chi connectivity index (χ4n) is 2.74. The number of nitrogens with zero attached hydrogens (tertiary/aromatic N) is 1. The minimum Gasteiger partial charge on any atom is -0.326 e. The van der Waals surface area contributed by atoms with Gasteiger partial charge >= 0.3 is 0 Å².